The van der Waals surface area contributed by atoms with E-state index in [0.29, 0.717) is 11.7 Å². The predicted octanol–water partition coefficient (Wildman–Crippen LogP) is 1.43. The fraction of sp³-hybridized carbons (Fsp3) is 0.538. The molecule has 2 rings (SSSR count). The number of nitriles is 1. The van der Waals surface area contributed by atoms with Gasteiger partial charge in [-0.25, -0.2) is 4.98 Å². The van der Waals surface area contributed by atoms with E-state index in [4.69, 9.17) is 11.0 Å². The summed E-state index contributed by atoms with van der Waals surface area (Å²) < 4.78 is 0. The van der Waals surface area contributed by atoms with E-state index in [9.17, 15) is 10.1 Å². The van der Waals surface area contributed by atoms with E-state index in [1.807, 2.05) is 17.9 Å². The first kappa shape index (κ1) is 14.2. The van der Waals surface area contributed by atoms with Crippen LogP contribution in [0.5, 0.6) is 0 Å². The number of nitrogens with zero attached hydrogens (tertiary/aromatic N) is 4. The molecule has 0 amide bonds. The van der Waals surface area contributed by atoms with Crippen molar-refractivity contribution in [2.24, 2.45) is 11.7 Å². The maximum absolute atomic E-state index is 10.7. The highest BCUT2D eigenvalue weighted by Gasteiger charge is 2.25. The van der Waals surface area contributed by atoms with Crippen molar-refractivity contribution in [1.29, 1.82) is 5.26 Å². The minimum Gasteiger partial charge on any atom is -0.355 e. The van der Waals surface area contributed by atoms with Crippen molar-refractivity contribution in [3.8, 4) is 6.07 Å². The molecule has 0 aromatic carbocycles. The zero-order valence-corrected chi connectivity index (χ0v) is 11.3. The second-order valence-corrected chi connectivity index (χ2v) is 5.14. The van der Waals surface area contributed by atoms with Gasteiger partial charge in [0, 0.05) is 25.2 Å². The van der Waals surface area contributed by atoms with Crippen LogP contribution in [0, 0.1) is 27.4 Å². The van der Waals surface area contributed by atoms with Crippen LogP contribution in [-0.4, -0.2) is 29.0 Å². The topological polar surface area (TPSA) is 109 Å². The molecule has 2 unspecified atom stereocenters. The number of pyridine rings is 1. The van der Waals surface area contributed by atoms with Crippen LogP contribution >= 0.6 is 0 Å². The highest BCUT2D eigenvalue weighted by molar-refractivity contribution is 5.57. The Bertz CT molecular complexity index is 552. The van der Waals surface area contributed by atoms with Gasteiger partial charge in [0.25, 0.3) is 5.69 Å². The lowest BCUT2D eigenvalue weighted by Crippen LogP contribution is -2.43. The molecule has 0 aliphatic carbocycles. The molecule has 1 aliphatic heterocycles. The Balaban J connectivity index is 2.28. The van der Waals surface area contributed by atoms with Gasteiger partial charge in [0.1, 0.15) is 23.6 Å². The van der Waals surface area contributed by atoms with E-state index in [1.54, 1.807) is 0 Å². The van der Waals surface area contributed by atoms with Crippen molar-refractivity contribution in [1.82, 2.24) is 4.98 Å². The monoisotopic (exact) mass is 275 g/mol. The lowest BCUT2D eigenvalue weighted by molar-refractivity contribution is -0.385. The number of anilines is 1. The van der Waals surface area contributed by atoms with E-state index in [-0.39, 0.29) is 17.3 Å². The second-order valence-electron chi connectivity index (χ2n) is 5.14. The van der Waals surface area contributed by atoms with Crippen molar-refractivity contribution in [2.45, 2.75) is 25.8 Å². The quantitative estimate of drug-likeness (QED) is 0.660. The third-order valence-electron chi connectivity index (χ3n) is 3.68. The molecular weight excluding hydrogens is 258 g/mol. The van der Waals surface area contributed by atoms with E-state index < -0.39 is 4.92 Å². The van der Waals surface area contributed by atoms with Crippen LogP contribution in [0.4, 0.5) is 11.5 Å². The SMILES string of the molecule is CC(N)C1CCCN(c2ncc([N+](=O)[O-])cc2C#N)C1. The van der Waals surface area contributed by atoms with Gasteiger partial charge < -0.3 is 10.6 Å². The number of nitrogens with two attached hydrogens (primary N) is 1. The molecule has 1 aromatic heterocycles. The van der Waals surface area contributed by atoms with Gasteiger partial charge >= 0.3 is 0 Å². The molecule has 0 radical (unpaired) electrons. The van der Waals surface area contributed by atoms with Gasteiger partial charge in [-0.1, -0.05) is 0 Å². The van der Waals surface area contributed by atoms with Gasteiger partial charge in [-0.05, 0) is 25.7 Å². The van der Waals surface area contributed by atoms with Crippen molar-refractivity contribution in [3.63, 3.8) is 0 Å². The van der Waals surface area contributed by atoms with Gasteiger partial charge in [0.2, 0.25) is 0 Å². The van der Waals surface area contributed by atoms with Gasteiger partial charge in [0.05, 0.1) is 4.92 Å². The lowest BCUT2D eigenvalue weighted by Gasteiger charge is -2.35. The summed E-state index contributed by atoms with van der Waals surface area (Å²) in [6.45, 7) is 3.50. The van der Waals surface area contributed by atoms with Gasteiger partial charge in [-0.2, -0.15) is 5.26 Å². The largest absolute Gasteiger partial charge is 0.355 e. The molecule has 0 saturated carbocycles. The smallest absolute Gasteiger partial charge is 0.289 e. The molecule has 20 heavy (non-hydrogen) atoms. The summed E-state index contributed by atoms with van der Waals surface area (Å²) in [6.07, 6.45) is 3.24. The molecule has 0 spiro atoms. The molecular formula is C13H17N5O2. The van der Waals surface area contributed by atoms with Crippen molar-refractivity contribution < 1.29 is 4.92 Å². The Morgan fingerprint density at radius 1 is 1.70 bits per heavy atom. The van der Waals surface area contributed by atoms with Crippen LogP contribution in [-0.2, 0) is 0 Å². The van der Waals surface area contributed by atoms with Crippen LogP contribution in [0.3, 0.4) is 0 Å². The normalized spacial score (nSPS) is 20.2. The van der Waals surface area contributed by atoms with Crippen LogP contribution < -0.4 is 10.6 Å². The Morgan fingerprint density at radius 3 is 3.05 bits per heavy atom. The van der Waals surface area contributed by atoms with Gasteiger partial charge in [0.15, 0.2) is 0 Å². The maximum atomic E-state index is 10.7. The third kappa shape index (κ3) is 2.86. The fourth-order valence-corrected chi connectivity index (χ4v) is 2.51. The highest BCUT2D eigenvalue weighted by atomic mass is 16.6. The molecule has 1 fully saturated rings. The van der Waals surface area contributed by atoms with E-state index >= 15 is 0 Å². The fourth-order valence-electron chi connectivity index (χ4n) is 2.51. The van der Waals surface area contributed by atoms with Crippen molar-refractivity contribution >= 4 is 11.5 Å². The summed E-state index contributed by atoms with van der Waals surface area (Å²) in [5, 5.41) is 19.9. The Hall–Kier alpha value is -2.20. The molecule has 2 heterocycles. The molecule has 106 valence electrons. The Kier molecular flexibility index (Phi) is 4.15. The van der Waals surface area contributed by atoms with Crippen LogP contribution in [0.15, 0.2) is 12.3 Å². The zero-order valence-electron chi connectivity index (χ0n) is 11.3. The molecule has 2 N–H and O–H groups in total. The van der Waals surface area contributed by atoms with E-state index in [1.165, 1.54) is 12.3 Å². The number of aromatic nitrogens is 1. The number of nitro groups is 1. The number of rotatable bonds is 3. The number of hydrogen-bond acceptors (Lipinski definition) is 6. The summed E-state index contributed by atoms with van der Waals surface area (Å²) >= 11 is 0. The molecule has 0 bridgehead atoms. The standard InChI is InChI=1S/C13H17N5O2/c1-9(15)10-3-2-4-17(8-10)13-11(6-14)5-12(7-16-13)18(19)20/h5,7,9-10H,2-4,8,15H2,1H3. The first-order valence-electron chi connectivity index (χ1n) is 6.58. The molecule has 1 aromatic rings. The zero-order chi connectivity index (χ0) is 14.7. The minimum absolute atomic E-state index is 0.0846. The van der Waals surface area contributed by atoms with E-state index in [0.717, 1.165) is 25.9 Å². The third-order valence-corrected chi connectivity index (χ3v) is 3.68. The van der Waals surface area contributed by atoms with Crippen molar-refractivity contribution in [2.75, 3.05) is 18.0 Å². The number of piperidine rings is 1. The molecule has 2 atom stereocenters. The Labute approximate surface area is 117 Å². The van der Waals surface area contributed by atoms with Crippen molar-refractivity contribution in [3.05, 3.63) is 27.9 Å². The summed E-state index contributed by atoms with van der Waals surface area (Å²) in [4.78, 5) is 16.3. The second kappa shape index (κ2) is 5.84. The summed E-state index contributed by atoms with van der Waals surface area (Å²) in [5.74, 6) is 0.871. The van der Waals surface area contributed by atoms with Gasteiger partial charge in [-0.15, -0.1) is 0 Å². The Morgan fingerprint density at radius 2 is 2.45 bits per heavy atom. The highest BCUT2D eigenvalue weighted by Crippen LogP contribution is 2.27. The van der Waals surface area contributed by atoms with Crippen LogP contribution in [0.25, 0.3) is 0 Å². The first-order chi connectivity index (χ1) is 9.52. The van der Waals surface area contributed by atoms with Crippen LogP contribution in [0.2, 0.25) is 0 Å². The molecule has 1 aliphatic rings. The first-order valence-corrected chi connectivity index (χ1v) is 6.58. The summed E-state index contributed by atoms with van der Waals surface area (Å²) in [5.41, 5.74) is 6.02. The summed E-state index contributed by atoms with van der Waals surface area (Å²) in [7, 11) is 0. The minimum atomic E-state index is -0.543. The van der Waals surface area contributed by atoms with Crippen LogP contribution in [0.1, 0.15) is 25.3 Å². The number of hydrogen-bond donors (Lipinski definition) is 1. The average Bonchev–Trinajstić information content (AvgIpc) is 2.46. The average molecular weight is 275 g/mol. The van der Waals surface area contributed by atoms with E-state index in [2.05, 4.69) is 4.98 Å². The molecule has 7 heteroatoms. The predicted molar refractivity (Wildman–Crippen MR) is 74.2 cm³/mol. The lowest BCUT2D eigenvalue weighted by atomic mass is 9.92. The molecule has 1 saturated heterocycles. The molecule has 7 nitrogen and oxygen atoms in total. The summed E-state index contributed by atoms with van der Waals surface area (Å²) in [6, 6.07) is 3.35. The van der Waals surface area contributed by atoms with Gasteiger partial charge in [-0.3, -0.25) is 10.1 Å². The maximum Gasteiger partial charge on any atom is 0.289 e.